The predicted octanol–water partition coefficient (Wildman–Crippen LogP) is 5.02. The van der Waals surface area contributed by atoms with Crippen molar-refractivity contribution in [3.8, 4) is 5.75 Å². The van der Waals surface area contributed by atoms with Gasteiger partial charge in [0.25, 0.3) is 0 Å². The highest BCUT2D eigenvalue weighted by Crippen LogP contribution is 2.40. The standard InChI is InChI=1S/C29H29N3O3/c1-35-23-13-11-22(12-14-23)32-27(33)16-15-25(28(32)20-7-3-2-4-8-20)29(34)30-18-17-21-19-31-26-10-6-5-9-24(21)26/h2-14,19,25,28,31H,15-18H2,1H3,(H,30,34)/t25-,28+/m0/s1. The molecule has 2 atom stereocenters. The number of anilines is 1. The maximum atomic E-state index is 13.5. The summed E-state index contributed by atoms with van der Waals surface area (Å²) in [6.45, 7) is 0.537. The lowest BCUT2D eigenvalue weighted by molar-refractivity contribution is -0.129. The van der Waals surface area contributed by atoms with Gasteiger partial charge in [0.1, 0.15) is 5.75 Å². The molecular formula is C29H29N3O3. The SMILES string of the molecule is COc1ccc(N2C(=O)CC[C@H](C(=O)NCCc3c[nH]c4ccccc34)[C@H]2c2ccccc2)cc1. The highest BCUT2D eigenvalue weighted by molar-refractivity contribution is 5.97. The Bertz CT molecular complexity index is 1310. The molecule has 1 saturated heterocycles. The number of carbonyl (C=O) groups is 2. The Morgan fingerprint density at radius 1 is 1.03 bits per heavy atom. The van der Waals surface area contributed by atoms with Gasteiger partial charge in [-0.3, -0.25) is 9.59 Å². The molecule has 1 aliphatic rings. The number of nitrogens with one attached hydrogen (secondary N) is 2. The van der Waals surface area contributed by atoms with Gasteiger partial charge in [0, 0.05) is 35.8 Å². The molecule has 0 bridgehead atoms. The van der Waals surface area contributed by atoms with Crippen LogP contribution < -0.4 is 15.0 Å². The van der Waals surface area contributed by atoms with Crippen molar-refractivity contribution in [1.82, 2.24) is 10.3 Å². The van der Waals surface area contributed by atoms with E-state index in [0.717, 1.165) is 28.9 Å². The number of hydrogen-bond donors (Lipinski definition) is 2. The third kappa shape index (κ3) is 4.64. The molecule has 3 aromatic carbocycles. The van der Waals surface area contributed by atoms with Crippen molar-refractivity contribution in [3.05, 3.63) is 96.2 Å². The summed E-state index contributed by atoms with van der Waals surface area (Å²) in [7, 11) is 1.62. The first-order chi connectivity index (χ1) is 17.2. The van der Waals surface area contributed by atoms with Crippen LogP contribution in [0.2, 0.25) is 0 Å². The molecular weight excluding hydrogens is 438 g/mol. The predicted molar refractivity (Wildman–Crippen MR) is 137 cm³/mol. The maximum absolute atomic E-state index is 13.5. The van der Waals surface area contributed by atoms with Crippen LogP contribution in [0, 0.1) is 5.92 Å². The zero-order valence-electron chi connectivity index (χ0n) is 19.7. The quantitative estimate of drug-likeness (QED) is 0.401. The fourth-order valence-corrected chi connectivity index (χ4v) is 5.04. The van der Waals surface area contributed by atoms with Crippen molar-refractivity contribution >= 4 is 28.4 Å². The summed E-state index contributed by atoms with van der Waals surface area (Å²) in [6.07, 6.45) is 3.59. The number of carbonyl (C=O) groups excluding carboxylic acids is 2. The Morgan fingerprint density at radius 2 is 1.77 bits per heavy atom. The molecule has 1 aliphatic heterocycles. The number of aromatic nitrogens is 1. The number of ether oxygens (including phenoxy) is 1. The minimum Gasteiger partial charge on any atom is -0.497 e. The molecule has 6 heteroatoms. The molecule has 6 nitrogen and oxygen atoms in total. The molecule has 2 heterocycles. The topological polar surface area (TPSA) is 74.4 Å². The molecule has 2 amide bonds. The summed E-state index contributed by atoms with van der Waals surface area (Å²) < 4.78 is 5.29. The second-order valence-corrected chi connectivity index (χ2v) is 8.86. The zero-order chi connectivity index (χ0) is 24.2. The number of rotatable bonds is 7. The minimum absolute atomic E-state index is 0.0202. The van der Waals surface area contributed by atoms with E-state index >= 15 is 0 Å². The average Bonchev–Trinajstić information content (AvgIpc) is 3.32. The molecule has 5 rings (SSSR count). The molecule has 178 valence electrons. The Labute approximate surface area is 204 Å². The van der Waals surface area contributed by atoms with E-state index in [0.29, 0.717) is 19.4 Å². The van der Waals surface area contributed by atoms with Crippen LogP contribution in [-0.2, 0) is 16.0 Å². The molecule has 0 aliphatic carbocycles. The van der Waals surface area contributed by atoms with Gasteiger partial charge < -0.3 is 19.9 Å². The lowest BCUT2D eigenvalue weighted by atomic mass is 9.83. The van der Waals surface area contributed by atoms with Gasteiger partial charge in [0.2, 0.25) is 11.8 Å². The van der Waals surface area contributed by atoms with Gasteiger partial charge in [0.15, 0.2) is 0 Å². The van der Waals surface area contributed by atoms with Crippen molar-refractivity contribution in [2.24, 2.45) is 5.92 Å². The van der Waals surface area contributed by atoms with E-state index in [4.69, 9.17) is 4.74 Å². The smallest absolute Gasteiger partial charge is 0.227 e. The first kappa shape index (κ1) is 22.7. The number of methoxy groups -OCH3 is 1. The van der Waals surface area contributed by atoms with Crippen molar-refractivity contribution < 1.29 is 14.3 Å². The largest absolute Gasteiger partial charge is 0.497 e. The van der Waals surface area contributed by atoms with Gasteiger partial charge in [-0.1, -0.05) is 48.5 Å². The molecule has 0 saturated carbocycles. The van der Waals surface area contributed by atoms with Crippen molar-refractivity contribution in [3.63, 3.8) is 0 Å². The molecule has 1 aromatic heterocycles. The van der Waals surface area contributed by atoms with E-state index in [1.54, 1.807) is 12.0 Å². The molecule has 0 radical (unpaired) electrons. The van der Waals surface area contributed by atoms with E-state index in [1.165, 1.54) is 10.9 Å². The van der Waals surface area contributed by atoms with Crippen LogP contribution in [0.3, 0.4) is 0 Å². The van der Waals surface area contributed by atoms with Crippen molar-refractivity contribution in [1.29, 1.82) is 0 Å². The third-order valence-electron chi connectivity index (χ3n) is 6.79. The molecule has 4 aromatic rings. The first-order valence-electron chi connectivity index (χ1n) is 12.0. The van der Waals surface area contributed by atoms with Gasteiger partial charge in [-0.15, -0.1) is 0 Å². The Kier molecular flexibility index (Phi) is 6.53. The van der Waals surface area contributed by atoms with E-state index in [2.05, 4.69) is 22.4 Å². The summed E-state index contributed by atoms with van der Waals surface area (Å²) >= 11 is 0. The number of amides is 2. The molecule has 1 fully saturated rings. The number of hydrogen-bond acceptors (Lipinski definition) is 3. The highest BCUT2D eigenvalue weighted by atomic mass is 16.5. The van der Waals surface area contributed by atoms with Crippen LogP contribution in [0.1, 0.15) is 30.0 Å². The number of H-pyrrole nitrogens is 1. The fourth-order valence-electron chi connectivity index (χ4n) is 5.04. The van der Waals surface area contributed by atoms with Crippen LogP contribution in [-0.4, -0.2) is 30.5 Å². The Morgan fingerprint density at radius 3 is 2.54 bits per heavy atom. The van der Waals surface area contributed by atoms with Gasteiger partial charge in [-0.2, -0.15) is 0 Å². The minimum atomic E-state index is -0.376. The van der Waals surface area contributed by atoms with Crippen molar-refractivity contribution in [2.75, 3.05) is 18.6 Å². The van der Waals surface area contributed by atoms with Gasteiger partial charge in [-0.05, 0) is 54.3 Å². The molecule has 35 heavy (non-hydrogen) atoms. The van der Waals surface area contributed by atoms with Gasteiger partial charge in [0.05, 0.1) is 19.1 Å². The van der Waals surface area contributed by atoms with Gasteiger partial charge >= 0.3 is 0 Å². The first-order valence-corrected chi connectivity index (χ1v) is 12.0. The fraction of sp³-hybridized carbons (Fsp3) is 0.241. The number of piperidine rings is 1. The second-order valence-electron chi connectivity index (χ2n) is 8.86. The van der Waals surface area contributed by atoms with E-state index in [-0.39, 0.29) is 23.8 Å². The Hall–Kier alpha value is -4.06. The lowest BCUT2D eigenvalue weighted by Crippen LogP contribution is -2.48. The van der Waals surface area contributed by atoms with E-state index in [1.807, 2.05) is 72.9 Å². The Balaban J connectivity index is 1.37. The zero-order valence-corrected chi connectivity index (χ0v) is 19.7. The van der Waals surface area contributed by atoms with Crippen LogP contribution >= 0.6 is 0 Å². The molecule has 2 N–H and O–H groups in total. The normalized spacial score (nSPS) is 18.0. The van der Waals surface area contributed by atoms with Crippen molar-refractivity contribution in [2.45, 2.75) is 25.3 Å². The number of para-hydroxylation sites is 1. The van der Waals surface area contributed by atoms with E-state index in [9.17, 15) is 9.59 Å². The summed E-state index contributed by atoms with van der Waals surface area (Å²) in [5.74, 6) is 0.373. The van der Waals surface area contributed by atoms with Crippen LogP contribution in [0.4, 0.5) is 5.69 Å². The second kappa shape index (κ2) is 10.1. The molecule has 0 spiro atoms. The number of benzene rings is 3. The third-order valence-corrected chi connectivity index (χ3v) is 6.79. The van der Waals surface area contributed by atoms with Crippen LogP contribution in [0.15, 0.2) is 85.1 Å². The van der Waals surface area contributed by atoms with Gasteiger partial charge in [-0.25, -0.2) is 0 Å². The lowest BCUT2D eigenvalue weighted by Gasteiger charge is -2.41. The molecule has 0 unspecified atom stereocenters. The maximum Gasteiger partial charge on any atom is 0.227 e. The number of nitrogens with zero attached hydrogens (tertiary/aromatic N) is 1. The average molecular weight is 468 g/mol. The summed E-state index contributed by atoms with van der Waals surface area (Å²) in [5.41, 5.74) is 3.99. The van der Waals surface area contributed by atoms with Crippen LogP contribution in [0.25, 0.3) is 10.9 Å². The van der Waals surface area contributed by atoms with Crippen LogP contribution in [0.5, 0.6) is 5.75 Å². The summed E-state index contributed by atoms with van der Waals surface area (Å²) in [6, 6.07) is 25.1. The highest BCUT2D eigenvalue weighted by Gasteiger charge is 2.41. The number of fused-ring (bicyclic) bond motifs is 1. The monoisotopic (exact) mass is 467 g/mol. The summed E-state index contributed by atoms with van der Waals surface area (Å²) in [4.78, 5) is 31.7. The van der Waals surface area contributed by atoms with E-state index < -0.39 is 0 Å². The summed E-state index contributed by atoms with van der Waals surface area (Å²) in [5, 5.41) is 4.33. The number of aromatic amines is 1.